The van der Waals surface area contributed by atoms with Crippen molar-refractivity contribution in [3.05, 3.63) is 24.3 Å². The Balaban J connectivity index is 4.75. The van der Waals surface area contributed by atoms with Crippen molar-refractivity contribution in [3.63, 3.8) is 0 Å². The molecule has 1 nitrogen and oxygen atoms in total. The summed E-state index contributed by atoms with van der Waals surface area (Å²) in [5.74, 6) is 0. The van der Waals surface area contributed by atoms with Crippen molar-refractivity contribution < 1.29 is 4.43 Å². The Morgan fingerprint density at radius 3 is 2.12 bits per heavy atom. The van der Waals surface area contributed by atoms with E-state index in [4.69, 9.17) is 4.43 Å². The molecule has 0 N–H and O–H groups in total. The lowest BCUT2D eigenvalue weighted by Gasteiger charge is -2.33. The highest BCUT2D eigenvalue weighted by Gasteiger charge is 2.32. The standard InChI is InChI=1S/C15H30OSi/c1-7-12-13-15(14(6)8-2)16-17(9-3,10-4)11-5/h7-8,15H,1,9-13H2,2-6H3/b14-8+. The zero-order valence-corrected chi connectivity index (χ0v) is 13.4. The van der Waals surface area contributed by atoms with Crippen LogP contribution in [-0.4, -0.2) is 14.4 Å². The minimum Gasteiger partial charge on any atom is -0.410 e. The van der Waals surface area contributed by atoms with Gasteiger partial charge in [0, 0.05) is 0 Å². The number of allylic oxidation sites excluding steroid dienone is 2. The average Bonchev–Trinajstić information content (AvgIpc) is 2.39. The monoisotopic (exact) mass is 254 g/mol. The molecule has 0 spiro atoms. The Labute approximate surface area is 109 Å². The molecule has 0 radical (unpaired) electrons. The summed E-state index contributed by atoms with van der Waals surface area (Å²) in [5, 5.41) is 0. The van der Waals surface area contributed by atoms with Crippen molar-refractivity contribution in [2.24, 2.45) is 0 Å². The fourth-order valence-electron chi connectivity index (χ4n) is 2.14. The SMILES string of the molecule is C=CCCC(O[Si](CC)(CC)CC)/C(C)=C/C. The summed E-state index contributed by atoms with van der Waals surface area (Å²) in [5.41, 5.74) is 1.37. The van der Waals surface area contributed by atoms with Gasteiger partial charge < -0.3 is 4.43 Å². The van der Waals surface area contributed by atoms with Crippen LogP contribution >= 0.6 is 0 Å². The van der Waals surface area contributed by atoms with E-state index in [1.807, 2.05) is 6.08 Å². The van der Waals surface area contributed by atoms with E-state index >= 15 is 0 Å². The molecule has 0 aliphatic carbocycles. The Kier molecular flexibility index (Phi) is 8.53. The molecule has 0 heterocycles. The van der Waals surface area contributed by atoms with Gasteiger partial charge in [-0.25, -0.2) is 0 Å². The molecule has 0 aliphatic rings. The fraction of sp³-hybridized carbons (Fsp3) is 0.733. The maximum atomic E-state index is 6.56. The van der Waals surface area contributed by atoms with Crippen LogP contribution in [0.1, 0.15) is 47.5 Å². The number of rotatable bonds is 9. The van der Waals surface area contributed by atoms with Gasteiger partial charge in [-0.05, 0) is 44.8 Å². The highest BCUT2D eigenvalue weighted by atomic mass is 28.4. The van der Waals surface area contributed by atoms with Gasteiger partial charge in [-0.15, -0.1) is 6.58 Å². The number of hydrogen-bond acceptors (Lipinski definition) is 1. The second-order valence-electron chi connectivity index (χ2n) is 4.75. The van der Waals surface area contributed by atoms with Crippen molar-refractivity contribution in [2.75, 3.05) is 0 Å². The third-order valence-corrected chi connectivity index (χ3v) is 8.57. The molecular formula is C15H30OSi. The van der Waals surface area contributed by atoms with Crippen LogP contribution in [-0.2, 0) is 4.43 Å². The van der Waals surface area contributed by atoms with Crippen molar-refractivity contribution in [2.45, 2.75) is 71.7 Å². The van der Waals surface area contributed by atoms with Crippen LogP contribution in [0.15, 0.2) is 24.3 Å². The molecule has 0 bridgehead atoms. The van der Waals surface area contributed by atoms with Crippen LogP contribution in [0, 0.1) is 0 Å². The van der Waals surface area contributed by atoms with E-state index in [1.54, 1.807) is 0 Å². The first-order valence-corrected chi connectivity index (χ1v) is 9.53. The predicted octanol–water partition coefficient (Wildman–Crippen LogP) is 5.31. The topological polar surface area (TPSA) is 9.23 Å². The summed E-state index contributed by atoms with van der Waals surface area (Å²) >= 11 is 0. The van der Waals surface area contributed by atoms with Gasteiger partial charge in [0.15, 0.2) is 8.32 Å². The minimum atomic E-state index is -1.48. The van der Waals surface area contributed by atoms with Gasteiger partial charge >= 0.3 is 0 Å². The minimum absolute atomic E-state index is 0.310. The highest BCUT2D eigenvalue weighted by Crippen LogP contribution is 2.27. The van der Waals surface area contributed by atoms with Crippen LogP contribution < -0.4 is 0 Å². The summed E-state index contributed by atoms with van der Waals surface area (Å²) in [6.45, 7) is 15.0. The molecule has 2 heteroatoms. The molecule has 0 aromatic heterocycles. The quantitative estimate of drug-likeness (QED) is 0.400. The third-order valence-electron chi connectivity index (χ3n) is 3.92. The van der Waals surface area contributed by atoms with Crippen LogP contribution in [0.5, 0.6) is 0 Å². The normalized spacial score (nSPS) is 14.8. The van der Waals surface area contributed by atoms with Crippen LogP contribution in [0.4, 0.5) is 0 Å². The maximum absolute atomic E-state index is 6.56. The van der Waals surface area contributed by atoms with Gasteiger partial charge in [-0.3, -0.25) is 0 Å². The first-order chi connectivity index (χ1) is 8.09. The van der Waals surface area contributed by atoms with Crippen molar-refractivity contribution in [1.82, 2.24) is 0 Å². The zero-order valence-electron chi connectivity index (χ0n) is 12.4. The van der Waals surface area contributed by atoms with Gasteiger partial charge in [-0.2, -0.15) is 0 Å². The maximum Gasteiger partial charge on any atom is 0.192 e. The van der Waals surface area contributed by atoms with Crippen molar-refractivity contribution in [3.8, 4) is 0 Å². The van der Waals surface area contributed by atoms with E-state index in [0.717, 1.165) is 12.8 Å². The molecule has 0 aromatic rings. The largest absolute Gasteiger partial charge is 0.410 e. The predicted molar refractivity (Wildman–Crippen MR) is 80.9 cm³/mol. The average molecular weight is 254 g/mol. The lowest BCUT2D eigenvalue weighted by Crippen LogP contribution is -2.40. The lowest BCUT2D eigenvalue weighted by molar-refractivity contribution is 0.211. The van der Waals surface area contributed by atoms with Gasteiger partial charge in [-0.1, -0.05) is 38.5 Å². The molecule has 0 aromatic carbocycles. The van der Waals surface area contributed by atoms with E-state index in [9.17, 15) is 0 Å². The molecule has 0 aliphatic heterocycles. The van der Waals surface area contributed by atoms with E-state index in [2.05, 4.69) is 47.3 Å². The summed E-state index contributed by atoms with van der Waals surface area (Å²) in [4.78, 5) is 0. The van der Waals surface area contributed by atoms with E-state index < -0.39 is 8.32 Å². The van der Waals surface area contributed by atoms with Crippen molar-refractivity contribution in [1.29, 1.82) is 0 Å². The molecule has 0 rings (SSSR count). The Morgan fingerprint density at radius 1 is 1.24 bits per heavy atom. The van der Waals surface area contributed by atoms with E-state index in [1.165, 1.54) is 23.7 Å². The lowest BCUT2D eigenvalue weighted by atomic mass is 10.1. The van der Waals surface area contributed by atoms with E-state index in [-0.39, 0.29) is 0 Å². The summed E-state index contributed by atoms with van der Waals surface area (Å²) in [6, 6.07) is 3.67. The molecule has 0 fully saturated rings. The molecule has 0 saturated heterocycles. The first kappa shape index (κ1) is 16.7. The fourth-order valence-corrected chi connectivity index (χ4v) is 5.04. The van der Waals surface area contributed by atoms with Gasteiger partial charge in [0.1, 0.15) is 0 Å². The zero-order chi connectivity index (χ0) is 13.3. The smallest absolute Gasteiger partial charge is 0.192 e. The Bertz CT molecular complexity index is 233. The van der Waals surface area contributed by atoms with Gasteiger partial charge in [0.2, 0.25) is 0 Å². The van der Waals surface area contributed by atoms with E-state index in [0.29, 0.717) is 6.10 Å². The summed E-state index contributed by atoms with van der Waals surface area (Å²) in [7, 11) is -1.48. The molecule has 1 unspecified atom stereocenters. The molecule has 0 saturated carbocycles. The van der Waals surface area contributed by atoms with Crippen molar-refractivity contribution >= 4 is 8.32 Å². The second-order valence-corrected chi connectivity index (χ2v) is 9.47. The Morgan fingerprint density at radius 2 is 1.76 bits per heavy atom. The van der Waals surface area contributed by atoms with Crippen LogP contribution in [0.25, 0.3) is 0 Å². The third kappa shape index (κ3) is 5.22. The number of hydrogen-bond donors (Lipinski definition) is 0. The van der Waals surface area contributed by atoms with Crippen LogP contribution in [0.3, 0.4) is 0 Å². The van der Waals surface area contributed by atoms with Gasteiger partial charge in [0.25, 0.3) is 0 Å². The molecule has 1 atom stereocenters. The highest BCUT2D eigenvalue weighted by molar-refractivity contribution is 6.73. The molecular weight excluding hydrogens is 224 g/mol. The Hall–Kier alpha value is -0.343. The second kappa shape index (κ2) is 8.70. The van der Waals surface area contributed by atoms with Crippen LogP contribution in [0.2, 0.25) is 18.1 Å². The van der Waals surface area contributed by atoms with Gasteiger partial charge in [0.05, 0.1) is 6.10 Å². The molecule has 17 heavy (non-hydrogen) atoms. The molecule has 0 amide bonds. The summed E-state index contributed by atoms with van der Waals surface area (Å²) < 4.78 is 6.56. The summed E-state index contributed by atoms with van der Waals surface area (Å²) in [6.07, 6.45) is 6.61. The molecule has 100 valence electrons. The first-order valence-electron chi connectivity index (χ1n) is 7.00.